The molecule has 0 aliphatic rings. The van der Waals surface area contributed by atoms with E-state index in [0.717, 1.165) is 12.1 Å². The Kier molecular flexibility index (Phi) is 5.84. The van der Waals surface area contributed by atoms with Crippen molar-refractivity contribution >= 4 is 21.6 Å². The highest BCUT2D eigenvalue weighted by atomic mass is 32.2. The van der Waals surface area contributed by atoms with E-state index in [1.807, 2.05) is 6.07 Å². The number of carbonyl (C=O) groups excluding carboxylic acids is 1. The van der Waals surface area contributed by atoms with E-state index in [1.165, 1.54) is 25.4 Å². The molecule has 1 amide bonds. The summed E-state index contributed by atoms with van der Waals surface area (Å²) in [6.07, 6.45) is 2.82. The largest absolute Gasteiger partial charge is 0.311 e. The van der Waals surface area contributed by atoms with Crippen molar-refractivity contribution < 1.29 is 22.0 Å². The highest BCUT2D eigenvalue weighted by Gasteiger charge is 2.23. The lowest BCUT2D eigenvalue weighted by Gasteiger charge is -2.10. The molecule has 2 aromatic heterocycles. The van der Waals surface area contributed by atoms with Gasteiger partial charge in [-0.3, -0.25) is 4.79 Å². The van der Waals surface area contributed by atoms with Gasteiger partial charge in [0.2, 0.25) is 5.91 Å². The van der Waals surface area contributed by atoms with Crippen molar-refractivity contribution in [2.45, 2.75) is 17.6 Å². The first-order valence-electron chi connectivity index (χ1n) is 8.50. The standard InChI is InChI=1S/C20H14F2N4O3S/c1-12(27)26-20-7-13(4-5-24-20)14-6-15(18(9-23)25-10-14)11-30(28,29)19-3-2-16(21)8-17(19)22/h2-8,10H,11H2,1H3,(H,24,26,27). The highest BCUT2D eigenvalue weighted by Crippen LogP contribution is 2.26. The Hall–Kier alpha value is -3.71. The van der Waals surface area contributed by atoms with Crippen molar-refractivity contribution in [1.82, 2.24) is 9.97 Å². The fourth-order valence-corrected chi connectivity index (χ4v) is 4.16. The number of pyridine rings is 2. The van der Waals surface area contributed by atoms with E-state index in [1.54, 1.807) is 12.1 Å². The van der Waals surface area contributed by atoms with E-state index in [4.69, 9.17) is 0 Å². The first-order valence-corrected chi connectivity index (χ1v) is 10.2. The van der Waals surface area contributed by atoms with Gasteiger partial charge in [0.15, 0.2) is 9.84 Å². The molecule has 30 heavy (non-hydrogen) atoms. The first-order chi connectivity index (χ1) is 14.2. The Labute approximate surface area is 171 Å². The van der Waals surface area contributed by atoms with E-state index in [0.29, 0.717) is 17.2 Å². The lowest BCUT2D eigenvalue weighted by atomic mass is 10.1. The SMILES string of the molecule is CC(=O)Nc1cc(-c2cnc(C#N)c(CS(=O)(=O)c3ccc(F)cc3F)c2)ccn1. The van der Waals surface area contributed by atoms with E-state index in [-0.39, 0.29) is 23.0 Å². The van der Waals surface area contributed by atoms with Crippen LogP contribution in [-0.4, -0.2) is 24.3 Å². The van der Waals surface area contributed by atoms with Crippen LogP contribution in [0, 0.1) is 23.0 Å². The third kappa shape index (κ3) is 4.64. The van der Waals surface area contributed by atoms with Gasteiger partial charge in [0.05, 0.1) is 5.75 Å². The fourth-order valence-electron chi connectivity index (χ4n) is 2.75. The third-order valence-electron chi connectivity index (χ3n) is 4.04. The molecule has 2 heterocycles. The zero-order valence-corrected chi connectivity index (χ0v) is 16.4. The third-order valence-corrected chi connectivity index (χ3v) is 5.74. The molecular weight excluding hydrogens is 414 g/mol. The lowest BCUT2D eigenvalue weighted by Crippen LogP contribution is -2.10. The molecule has 0 unspecified atom stereocenters. The molecule has 3 rings (SSSR count). The van der Waals surface area contributed by atoms with Crippen LogP contribution in [0.1, 0.15) is 18.2 Å². The van der Waals surface area contributed by atoms with Gasteiger partial charge in [-0.25, -0.2) is 27.2 Å². The maximum Gasteiger partial charge on any atom is 0.222 e. The summed E-state index contributed by atoms with van der Waals surface area (Å²) < 4.78 is 52.4. The number of nitriles is 1. The molecule has 0 spiro atoms. The van der Waals surface area contributed by atoms with Gasteiger partial charge in [-0.2, -0.15) is 5.26 Å². The van der Waals surface area contributed by atoms with Crippen molar-refractivity contribution in [3.63, 3.8) is 0 Å². The average molecular weight is 428 g/mol. The Morgan fingerprint density at radius 1 is 1.13 bits per heavy atom. The van der Waals surface area contributed by atoms with Crippen LogP contribution in [0.25, 0.3) is 11.1 Å². The smallest absolute Gasteiger partial charge is 0.222 e. The molecular formula is C20H14F2N4O3S. The molecule has 152 valence electrons. The number of halogens is 2. The minimum atomic E-state index is -4.22. The number of sulfone groups is 1. The Bertz CT molecular complexity index is 1290. The van der Waals surface area contributed by atoms with Crippen LogP contribution in [0.15, 0.2) is 53.7 Å². The van der Waals surface area contributed by atoms with Crippen molar-refractivity contribution in [3.8, 4) is 17.2 Å². The summed E-state index contributed by atoms with van der Waals surface area (Å²) in [7, 11) is -4.22. The summed E-state index contributed by atoms with van der Waals surface area (Å²) in [6, 6.07) is 8.59. The van der Waals surface area contributed by atoms with Gasteiger partial charge < -0.3 is 5.32 Å². The molecule has 1 N–H and O–H groups in total. The molecule has 0 bridgehead atoms. The number of nitrogens with one attached hydrogen (secondary N) is 1. The summed E-state index contributed by atoms with van der Waals surface area (Å²) >= 11 is 0. The minimum Gasteiger partial charge on any atom is -0.311 e. The van der Waals surface area contributed by atoms with E-state index in [2.05, 4.69) is 15.3 Å². The van der Waals surface area contributed by atoms with Crippen LogP contribution in [0.5, 0.6) is 0 Å². The second kappa shape index (κ2) is 8.34. The van der Waals surface area contributed by atoms with Crippen LogP contribution >= 0.6 is 0 Å². The van der Waals surface area contributed by atoms with E-state index in [9.17, 15) is 27.3 Å². The minimum absolute atomic E-state index is 0.0524. The molecule has 0 aliphatic carbocycles. The molecule has 3 aromatic rings. The number of amides is 1. The van der Waals surface area contributed by atoms with Gasteiger partial charge in [0, 0.05) is 36.5 Å². The second-order valence-electron chi connectivity index (χ2n) is 6.29. The maximum atomic E-state index is 14.0. The predicted molar refractivity (Wildman–Crippen MR) is 104 cm³/mol. The summed E-state index contributed by atoms with van der Waals surface area (Å²) in [5.41, 5.74) is 0.947. The lowest BCUT2D eigenvalue weighted by molar-refractivity contribution is -0.114. The number of benzene rings is 1. The Morgan fingerprint density at radius 3 is 2.57 bits per heavy atom. The van der Waals surface area contributed by atoms with Gasteiger partial charge in [0.25, 0.3) is 0 Å². The molecule has 0 atom stereocenters. The zero-order chi connectivity index (χ0) is 21.9. The highest BCUT2D eigenvalue weighted by molar-refractivity contribution is 7.90. The molecule has 0 saturated heterocycles. The Balaban J connectivity index is 2.02. The number of hydrogen-bond acceptors (Lipinski definition) is 6. The molecule has 7 nitrogen and oxygen atoms in total. The van der Waals surface area contributed by atoms with Crippen LogP contribution in [0.4, 0.5) is 14.6 Å². The van der Waals surface area contributed by atoms with Gasteiger partial charge in [0.1, 0.15) is 34.1 Å². The first kappa shape index (κ1) is 21.0. The summed E-state index contributed by atoms with van der Waals surface area (Å²) in [5.74, 6) is -2.85. The number of nitrogens with zero attached hydrogens (tertiary/aromatic N) is 3. The molecule has 0 aliphatic heterocycles. The number of anilines is 1. The van der Waals surface area contributed by atoms with Crippen LogP contribution in [0.2, 0.25) is 0 Å². The van der Waals surface area contributed by atoms with Crippen molar-refractivity contribution in [2.24, 2.45) is 0 Å². The Morgan fingerprint density at radius 2 is 1.90 bits per heavy atom. The number of aromatic nitrogens is 2. The molecule has 0 fully saturated rings. The zero-order valence-electron chi connectivity index (χ0n) is 15.6. The van der Waals surface area contributed by atoms with Gasteiger partial charge in [-0.05, 0) is 35.9 Å². The maximum absolute atomic E-state index is 14.0. The van der Waals surface area contributed by atoms with Gasteiger partial charge in [-0.1, -0.05) is 0 Å². The van der Waals surface area contributed by atoms with Crippen molar-refractivity contribution in [1.29, 1.82) is 5.26 Å². The number of hydrogen-bond donors (Lipinski definition) is 1. The predicted octanol–water partition coefficient (Wildman–Crippen LogP) is 3.23. The van der Waals surface area contributed by atoms with Crippen LogP contribution in [-0.2, 0) is 20.4 Å². The van der Waals surface area contributed by atoms with Crippen LogP contribution < -0.4 is 5.32 Å². The van der Waals surface area contributed by atoms with Gasteiger partial charge in [-0.15, -0.1) is 0 Å². The second-order valence-corrected chi connectivity index (χ2v) is 8.25. The quantitative estimate of drug-likeness (QED) is 0.625. The average Bonchev–Trinajstić information content (AvgIpc) is 2.67. The summed E-state index contributed by atoms with van der Waals surface area (Å²) in [4.78, 5) is 18.5. The molecule has 0 radical (unpaired) electrons. The van der Waals surface area contributed by atoms with Crippen molar-refractivity contribution in [2.75, 3.05) is 5.32 Å². The fraction of sp³-hybridized carbons (Fsp3) is 0.100. The number of carbonyl (C=O) groups is 1. The summed E-state index contributed by atoms with van der Waals surface area (Å²) in [6.45, 7) is 1.33. The monoisotopic (exact) mass is 428 g/mol. The van der Waals surface area contributed by atoms with Gasteiger partial charge >= 0.3 is 0 Å². The normalized spacial score (nSPS) is 11.0. The van der Waals surface area contributed by atoms with E-state index >= 15 is 0 Å². The molecule has 1 aromatic carbocycles. The van der Waals surface area contributed by atoms with Crippen LogP contribution in [0.3, 0.4) is 0 Å². The number of rotatable bonds is 5. The summed E-state index contributed by atoms with van der Waals surface area (Å²) in [5, 5.41) is 11.8. The molecule has 10 heteroatoms. The topological polar surface area (TPSA) is 113 Å². The van der Waals surface area contributed by atoms with E-state index < -0.39 is 32.1 Å². The molecule has 0 saturated carbocycles. The van der Waals surface area contributed by atoms with Crippen molar-refractivity contribution in [3.05, 3.63) is 71.7 Å².